The summed E-state index contributed by atoms with van der Waals surface area (Å²) in [5.74, 6) is -0.115. The molecule has 2 heterocycles. The maximum atomic E-state index is 12.7. The molecule has 0 unspecified atom stereocenters. The predicted octanol–water partition coefficient (Wildman–Crippen LogP) is 3.26. The highest BCUT2D eigenvalue weighted by Crippen LogP contribution is 2.37. The summed E-state index contributed by atoms with van der Waals surface area (Å²) in [6.45, 7) is 2.15. The number of ether oxygens (including phenoxy) is 2. The number of amides is 1. The summed E-state index contributed by atoms with van der Waals surface area (Å²) in [4.78, 5) is 25.9. The van der Waals surface area contributed by atoms with Crippen LogP contribution in [-0.2, 0) is 9.59 Å². The van der Waals surface area contributed by atoms with Gasteiger partial charge >= 0.3 is 5.97 Å². The molecule has 1 atom stereocenters. The minimum atomic E-state index is -1.03. The Morgan fingerprint density at radius 1 is 1.44 bits per heavy atom. The zero-order valence-corrected chi connectivity index (χ0v) is 15.2. The van der Waals surface area contributed by atoms with Gasteiger partial charge < -0.3 is 14.6 Å². The minimum Gasteiger partial charge on any atom is -0.480 e. The standard InChI is InChI=1S/C17H17NO5S2/c1-2-3-4-11(16(20)21)18-15(19)14(25-17(18)24)8-10-5-6-12-13(7-10)23-9-22-12/h5-8,11H,2-4,9H2,1H3,(H,20,21)/b14-8-/t11-/m1/s1. The highest BCUT2D eigenvalue weighted by Gasteiger charge is 2.40. The van der Waals surface area contributed by atoms with E-state index in [4.69, 9.17) is 21.7 Å². The number of unbranched alkanes of at least 4 members (excludes halogenated alkanes) is 1. The molecule has 25 heavy (non-hydrogen) atoms. The molecular formula is C17H17NO5S2. The average Bonchev–Trinajstić information content (AvgIpc) is 3.14. The number of hydrogen-bond donors (Lipinski definition) is 1. The van der Waals surface area contributed by atoms with Crippen LogP contribution in [0.2, 0.25) is 0 Å². The monoisotopic (exact) mass is 379 g/mol. The molecule has 6 nitrogen and oxygen atoms in total. The largest absolute Gasteiger partial charge is 0.480 e. The number of hydrogen-bond acceptors (Lipinski definition) is 6. The van der Waals surface area contributed by atoms with E-state index in [1.807, 2.05) is 13.0 Å². The van der Waals surface area contributed by atoms with Gasteiger partial charge in [-0.05, 0) is 30.2 Å². The molecule has 1 aromatic carbocycles. The average molecular weight is 379 g/mol. The van der Waals surface area contributed by atoms with Crippen molar-refractivity contribution in [3.63, 3.8) is 0 Å². The summed E-state index contributed by atoms with van der Waals surface area (Å²) in [7, 11) is 0. The number of thiocarbonyl (C=S) groups is 1. The molecule has 1 aromatic rings. The van der Waals surface area contributed by atoms with Gasteiger partial charge in [0, 0.05) is 0 Å². The second kappa shape index (κ2) is 7.45. The first-order valence-corrected chi connectivity index (χ1v) is 9.13. The van der Waals surface area contributed by atoms with Gasteiger partial charge in [-0.2, -0.15) is 0 Å². The third-order valence-electron chi connectivity index (χ3n) is 3.95. The maximum absolute atomic E-state index is 12.7. The van der Waals surface area contributed by atoms with Crippen molar-refractivity contribution < 1.29 is 24.2 Å². The van der Waals surface area contributed by atoms with Crippen molar-refractivity contribution in [2.45, 2.75) is 32.2 Å². The van der Waals surface area contributed by atoms with Crippen LogP contribution in [-0.4, -0.2) is 39.0 Å². The van der Waals surface area contributed by atoms with Gasteiger partial charge in [-0.1, -0.05) is 49.8 Å². The van der Waals surface area contributed by atoms with Gasteiger partial charge in [0.15, 0.2) is 11.5 Å². The Morgan fingerprint density at radius 3 is 2.92 bits per heavy atom. The normalized spacial score (nSPS) is 18.9. The van der Waals surface area contributed by atoms with E-state index >= 15 is 0 Å². The summed E-state index contributed by atoms with van der Waals surface area (Å²) >= 11 is 6.38. The van der Waals surface area contributed by atoms with Crippen LogP contribution in [0.4, 0.5) is 0 Å². The molecule has 3 rings (SSSR count). The number of carbonyl (C=O) groups excluding carboxylic acids is 1. The topological polar surface area (TPSA) is 76.1 Å². The van der Waals surface area contributed by atoms with E-state index in [0.29, 0.717) is 22.8 Å². The van der Waals surface area contributed by atoms with Crippen LogP contribution in [0.15, 0.2) is 23.1 Å². The minimum absolute atomic E-state index is 0.179. The van der Waals surface area contributed by atoms with Gasteiger partial charge in [0.1, 0.15) is 10.4 Å². The number of nitrogens with zero attached hydrogens (tertiary/aromatic N) is 1. The fourth-order valence-corrected chi connectivity index (χ4v) is 4.02. The van der Waals surface area contributed by atoms with Crippen LogP contribution in [0, 0.1) is 0 Å². The third-order valence-corrected chi connectivity index (χ3v) is 5.28. The fraction of sp³-hybridized carbons (Fsp3) is 0.353. The molecule has 0 bridgehead atoms. The summed E-state index contributed by atoms with van der Waals surface area (Å²) in [5, 5.41) is 9.46. The Morgan fingerprint density at radius 2 is 2.20 bits per heavy atom. The number of benzene rings is 1. The highest BCUT2D eigenvalue weighted by molar-refractivity contribution is 8.26. The van der Waals surface area contributed by atoms with Crippen molar-refractivity contribution in [1.82, 2.24) is 4.90 Å². The Labute approximate surface area is 154 Å². The van der Waals surface area contributed by atoms with E-state index in [1.54, 1.807) is 18.2 Å². The fourth-order valence-electron chi connectivity index (χ4n) is 2.66. The van der Waals surface area contributed by atoms with Crippen molar-refractivity contribution in [2.75, 3.05) is 6.79 Å². The van der Waals surface area contributed by atoms with Crippen molar-refractivity contribution in [3.05, 3.63) is 28.7 Å². The molecule has 1 N–H and O–H groups in total. The molecule has 132 valence electrons. The second-order valence-corrected chi connectivity index (χ2v) is 7.34. The third kappa shape index (κ3) is 3.64. The molecule has 1 fully saturated rings. The summed E-state index contributed by atoms with van der Waals surface area (Å²) in [6.07, 6.45) is 3.65. The van der Waals surface area contributed by atoms with Crippen LogP contribution >= 0.6 is 24.0 Å². The number of fused-ring (bicyclic) bond motifs is 1. The zero-order chi connectivity index (χ0) is 18.0. The predicted molar refractivity (Wildman–Crippen MR) is 98.5 cm³/mol. The lowest BCUT2D eigenvalue weighted by atomic mass is 10.1. The molecule has 8 heteroatoms. The highest BCUT2D eigenvalue weighted by atomic mass is 32.2. The molecule has 0 aliphatic carbocycles. The molecule has 1 saturated heterocycles. The smallest absolute Gasteiger partial charge is 0.326 e. The van der Waals surface area contributed by atoms with Crippen LogP contribution in [0.3, 0.4) is 0 Å². The molecule has 0 spiro atoms. The van der Waals surface area contributed by atoms with Gasteiger partial charge in [-0.15, -0.1) is 0 Å². The lowest BCUT2D eigenvalue weighted by molar-refractivity contribution is -0.145. The lowest BCUT2D eigenvalue weighted by Crippen LogP contribution is -2.43. The van der Waals surface area contributed by atoms with Crippen molar-refractivity contribution in [3.8, 4) is 11.5 Å². The van der Waals surface area contributed by atoms with Crippen LogP contribution < -0.4 is 9.47 Å². The summed E-state index contributed by atoms with van der Waals surface area (Å²) in [6, 6.07) is 4.44. The maximum Gasteiger partial charge on any atom is 0.326 e. The Kier molecular flexibility index (Phi) is 5.29. The number of thioether (sulfide) groups is 1. The number of carbonyl (C=O) groups is 2. The summed E-state index contributed by atoms with van der Waals surface area (Å²) in [5.41, 5.74) is 0.769. The second-order valence-electron chi connectivity index (χ2n) is 5.66. The molecule has 2 aliphatic heterocycles. The Bertz CT molecular complexity index is 761. The first kappa shape index (κ1) is 17.8. The van der Waals surface area contributed by atoms with E-state index in [2.05, 4.69) is 0 Å². The Hall–Kier alpha value is -2.06. The lowest BCUT2D eigenvalue weighted by Gasteiger charge is -2.22. The Balaban J connectivity index is 1.83. The first-order chi connectivity index (χ1) is 12.0. The molecule has 0 saturated carbocycles. The van der Waals surface area contributed by atoms with Gasteiger partial charge in [0.2, 0.25) is 6.79 Å². The molecular weight excluding hydrogens is 362 g/mol. The number of aliphatic carboxylic acids is 1. The van der Waals surface area contributed by atoms with Crippen LogP contribution in [0.1, 0.15) is 31.7 Å². The number of rotatable bonds is 6. The summed E-state index contributed by atoms with van der Waals surface area (Å²) < 4.78 is 10.9. The van der Waals surface area contributed by atoms with Crippen molar-refractivity contribution in [1.29, 1.82) is 0 Å². The van der Waals surface area contributed by atoms with Crippen LogP contribution in [0.25, 0.3) is 6.08 Å². The molecule has 0 aromatic heterocycles. The van der Waals surface area contributed by atoms with Gasteiger partial charge in [-0.3, -0.25) is 9.69 Å². The van der Waals surface area contributed by atoms with E-state index in [1.165, 1.54) is 4.90 Å². The quantitative estimate of drug-likeness (QED) is 0.600. The van der Waals surface area contributed by atoms with E-state index in [9.17, 15) is 14.7 Å². The zero-order valence-electron chi connectivity index (χ0n) is 13.6. The number of carboxylic acids is 1. The van der Waals surface area contributed by atoms with Crippen molar-refractivity contribution >= 4 is 46.3 Å². The van der Waals surface area contributed by atoms with E-state index in [0.717, 1.165) is 30.2 Å². The van der Waals surface area contributed by atoms with Crippen molar-refractivity contribution in [2.24, 2.45) is 0 Å². The number of carboxylic acid groups (broad SMARTS) is 1. The van der Waals surface area contributed by atoms with Gasteiger partial charge in [-0.25, -0.2) is 4.79 Å². The molecule has 2 aliphatic rings. The van der Waals surface area contributed by atoms with Gasteiger partial charge in [0.25, 0.3) is 5.91 Å². The van der Waals surface area contributed by atoms with E-state index in [-0.39, 0.29) is 17.0 Å². The van der Waals surface area contributed by atoms with Crippen LogP contribution in [0.5, 0.6) is 11.5 Å². The first-order valence-electron chi connectivity index (χ1n) is 7.90. The molecule has 0 radical (unpaired) electrons. The SMILES string of the molecule is CCCC[C@H](C(=O)O)N1C(=O)/C(=C/c2ccc3c(c2)OCO3)SC1=S. The molecule has 1 amide bonds. The van der Waals surface area contributed by atoms with Gasteiger partial charge in [0.05, 0.1) is 4.91 Å². The van der Waals surface area contributed by atoms with E-state index < -0.39 is 12.0 Å².